The summed E-state index contributed by atoms with van der Waals surface area (Å²) in [4.78, 5) is 9.84. The molecule has 0 bridgehead atoms. The molecule has 2 aromatic rings. The summed E-state index contributed by atoms with van der Waals surface area (Å²) >= 11 is 0. The quantitative estimate of drug-likeness (QED) is 0.647. The standard InChI is InChI=1S/C12H12N2O4/c13-7-9-2-1-3-10(6-9)17-8-11-4-5-12(18-11)14(15)16/h1-6H,7-8,13H2. The van der Waals surface area contributed by atoms with E-state index < -0.39 is 4.92 Å². The zero-order valence-electron chi connectivity index (χ0n) is 9.54. The summed E-state index contributed by atoms with van der Waals surface area (Å²) < 4.78 is 10.4. The molecule has 0 aliphatic rings. The van der Waals surface area contributed by atoms with Gasteiger partial charge in [0.2, 0.25) is 0 Å². The van der Waals surface area contributed by atoms with Gasteiger partial charge in [0, 0.05) is 6.54 Å². The Morgan fingerprint density at radius 1 is 1.33 bits per heavy atom. The summed E-state index contributed by atoms with van der Waals surface area (Å²) in [6.45, 7) is 0.575. The van der Waals surface area contributed by atoms with Gasteiger partial charge in [-0.25, -0.2) is 0 Å². The lowest BCUT2D eigenvalue weighted by atomic mass is 10.2. The molecule has 0 aliphatic carbocycles. The maximum absolute atomic E-state index is 10.4. The third-order valence-electron chi connectivity index (χ3n) is 2.34. The van der Waals surface area contributed by atoms with Gasteiger partial charge < -0.3 is 14.9 Å². The molecule has 6 nitrogen and oxygen atoms in total. The molecule has 18 heavy (non-hydrogen) atoms. The molecule has 2 rings (SSSR count). The number of nitrogens with two attached hydrogens (primary N) is 1. The Labute approximate surface area is 103 Å². The smallest absolute Gasteiger partial charge is 0.433 e. The third kappa shape index (κ3) is 2.86. The molecule has 0 saturated carbocycles. The molecule has 0 aliphatic heterocycles. The predicted molar refractivity (Wildman–Crippen MR) is 64.0 cm³/mol. The second-order valence-corrected chi connectivity index (χ2v) is 3.64. The maximum atomic E-state index is 10.4. The minimum Gasteiger partial charge on any atom is -0.486 e. The summed E-state index contributed by atoms with van der Waals surface area (Å²) in [6, 6.07) is 10.2. The van der Waals surface area contributed by atoms with Crippen molar-refractivity contribution < 1.29 is 14.1 Å². The monoisotopic (exact) mass is 248 g/mol. The fourth-order valence-corrected chi connectivity index (χ4v) is 1.46. The van der Waals surface area contributed by atoms with Crippen molar-refractivity contribution in [1.82, 2.24) is 0 Å². The van der Waals surface area contributed by atoms with E-state index in [0.717, 1.165) is 5.56 Å². The average molecular weight is 248 g/mol. The Morgan fingerprint density at radius 3 is 2.83 bits per heavy atom. The van der Waals surface area contributed by atoms with Crippen LogP contribution in [0.3, 0.4) is 0 Å². The zero-order valence-corrected chi connectivity index (χ0v) is 9.54. The highest BCUT2D eigenvalue weighted by Gasteiger charge is 2.11. The predicted octanol–water partition coefficient (Wildman–Crippen LogP) is 2.23. The SMILES string of the molecule is NCc1cccc(OCc2ccc([N+](=O)[O-])o2)c1. The van der Waals surface area contributed by atoms with Crippen LogP contribution in [0.5, 0.6) is 5.75 Å². The molecule has 1 aromatic heterocycles. The molecule has 0 spiro atoms. The zero-order chi connectivity index (χ0) is 13.0. The number of hydrogen-bond donors (Lipinski definition) is 1. The fraction of sp³-hybridized carbons (Fsp3) is 0.167. The van der Waals surface area contributed by atoms with E-state index >= 15 is 0 Å². The van der Waals surface area contributed by atoms with Gasteiger partial charge in [-0.3, -0.25) is 10.1 Å². The van der Waals surface area contributed by atoms with E-state index in [0.29, 0.717) is 18.1 Å². The Bertz CT molecular complexity index is 551. The lowest BCUT2D eigenvalue weighted by Crippen LogP contribution is -1.98. The highest BCUT2D eigenvalue weighted by molar-refractivity contribution is 5.28. The van der Waals surface area contributed by atoms with Crippen molar-refractivity contribution in [3.05, 3.63) is 57.8 Å². The molecule has 1 aromatic carbocycles. The van der Waals surface area contributed by atoms with Crippen LogP contribution >= 0.6 is 0 Å². The summed E-state index contributed by atoms with van der Waals surface area (Å²) in [5.41, 5.74) is 6.47. The van der Waals surface area contributed by atoms with Crippen molar-refractivity contribution in [2.45, 2.75) is 13.2 Å². The lowest BCUT2D eigenvalue weighted by Gasteiger charge is -2.05. The largest absolute Gasteiger partial charge is 0.486 e. The number of hydrogen-bond acceptors (Lipinski definition) is 5. The van der Waals surface area contributed by atoms with E-state index in [-0.39, 0.29) is 12.5 Å². The highest BCUT2D eigenvalue weighted by atomic mass is 16.6. The molecule has 1 heterocycles. The van der Waals surface area contributed by atoms with Gasteiger partial charge in [0.1, 0.15) is 23.0 Å². The van der Waals surface area contributed by atoms with Gasteiger partial charge in [0.25, 0.3) is 0 Å². The van der Waals surface area contributed by atoms with Crippen LogP contribution in [0.4, 0.5) is 5.88 Å². The first kappa shape index (κ1) is 12.1. The van der Waals surface area contributed by atoms with E-state index in [1.54, 1.807) is 6.07 Å². The van der Waals surface area contributed by atoms with Crippen molar-refractivity contribution in [2.75, 3.05) is 0 Å². The molecule has 0 unspecified atom stereocenters. The topological polar surface area (TPSA) is 91.5 Å². The van der Waals surface area contributed by atoms with Crippen molar-refractivity contribution >= 4 is 5.88 Å². The van der Waals surface area contributed by atoms with Crippen molar-refractivity contribution in [1.29, 1.82) is 0 Å². The van der Waals surface area contributed by atoms with Crippen LogP contribution in [-0.4, -0.2) is 4.92 Å². The molecule has 6 heteroatoms. The van der Waals surface area contributed by atoms with Gasteiger partial charge >= 0.3 is 5.88 Å². The number of ether oxygens (including phenoxy) is 1. The van der Waals surface area contributed by atoms with E-state index in [1.165, 1.54) is 12.1 Å². The Balaban J connectivity index is 1.99. The van der Waals surface area contributed by atoms with Crippen LogP contribution in [0.1, 0.15) is 11.3 Å². The van der Waals surface area contributed by atoms with Gasteiger partial charge in [0.15, 0.2) is 0 Å². The summed E-state index contributed by atoms with van der Waals surface area (Å²) in [6.07, 6.45) is 0. The molecule has 94 valence electrons. The molecule has 0 radical (unpaired) electrons. The minimum absolute atomic E-state index is 0.141. The van der Waals surface area contributed by atoms with E-state index in [9.17, 15) is 10.1 Å². The summed E-state index contributed by atoms with van der Waals surface area (Å²) in [7, 11) is 0. The normalized spacial score (nSPS) is 10.3. The maximum Gasteiger partial charge on any atom is 0.433 e. The first-order valence-electron chi connectivity index (χ1n) is 5.34. The average Bonchev–Trinajstić information content (AvgIpc) is 2.85. The van der Waals surface area contributed by atoms with E-state index in [4.69, 9.17) is 14.9 Å². The van der Waals surface area contributed by atoms with Crippen molar-refractivity contribution in [3.63, 3.8) is 0 Å². The minimum atomic E-state index is -0.585. The van der Waals surface area contributed by atoms with Gasteiger partial charge in [-0.15, -0.1) is 0 Å². The molecule has 0 amide bonds. The highest BCUT2D eigenvalue weighted by Crippen LogP contribution is 2.19. The van der Waals surface area contributed by atoms with E-state index in [1.807, 2.05) is 18.2 Å². The van der Waals surface area contributed by atoms with Gasteiger partial charge in [-0.05, 0) is 23.8 Å². The third-order valence-corrected chi connectivity index (χ3v) is 2.34. The Hall–Kier alpha value is -2.34. The van der Waals surface area contributed by atoms with Crippen LogP contribution < -0.4 is 10.5 Å². The van der Waals surface area contributed by atoms with E-state index in [2.05, 4.69) is 0 Å². The number of benzene rings is 1. The van der Waals surface area contributed by atoms with Crippen LogP contribution in [0, 0.1) is 10.1 Å². The van der Waals surface area contributed by atoms with Crippen molar-refractivity contribution in [3.8, 4) is 5.75 Å². The summed E-state index contributed by atoms with van der Waals surface area (Å²) in [5.74, 6) is 0.765. The van der Waals surface area contributed by atoms with Crippen LogP contribution in [0.2, 0.25) is 0 Å². The number of nitro groups is 1. The number of furan rings is 1. The number of rotatable bonds is 5. The Kier molecular flexibility index (Phi) is 3.59. The van der Waals surface area contributed by atoms with Crippen molar-refractivity contribution in [2.24, 2.45) is 5.73 Å². The molecular formula is C12H12N2O4. The van der Waals surface area contributed by atoms with Crippen LogP contribution in [0.15, 0.2) is 40.8 Å². The molecule has 0 atom stereocenters. The molecule has 0 saturated heterocycles. The first-order valence-corrected chi connectivity index (χ1v) is 5.34. The van der Waals surface area contributed by atoms with Gasteiger partial charge in [-0.2, -0.15) is 0 Å². The molecule has 2 N–H and O–H groups in total. The van der Waals surface area contributed by atoms with Crippen LogP contribution in [0.25, 0.3) is 0 Å². The number of nitrogens with zero attached hydrogens (tertiary/aromatic N) is 1. The van der Waals surface area contributed by atoms with Gasteiger partial charge in [0.05, 0.1) is 6.07 Å². The second-order valence-electron chi connectivity index (χ2n) is 3.64. The van der Waals surface area contributed by atoms with Crippen LogP contribution in [-0.2, 0) is 13.2 Å². The fourth-order valence-electron chi connectivity index (χ4n) is 1.46. The first-order chi connectivity index (χ1) is 8.69. The lowest BCUT2D eigenvalue weighted by molar-refractivity contribution is -0.402. The summed E-state index contributed by atoms with van der Waals surface area (Å²) in [5, 5.41) is 10.4. The molecular weight excluding hydrogens is 236 g/mol. The Morgan fingerprint density at radius 2 is 2.17 bits per heavy atom. The molecule has 0 fully saturated rings. The second kappa shape index (κ2) is 5.33. The van der Waals surface area contributed by atoms with Gasteiger partial charge in [-0.1, -0.05) is 12.1 Å².